The van der Waals surface area contributed by atoms with Crippen LogP contribution in [0.3, 0.4) is 0 Å². The first kappa shape index (κ1) is 14.0. The molecule has 2 nitrogen and oxygen atoms in total. The Morgan fingerprint density at radius 1 is 1.19 bits per heavy atom. The molecule has 1 aliphatic carbocycles. The lowest BCUT2D eigenvalue weighted by molar-refractivity contribution is 0.0593. The summed E-state index contributed by atoms with van der Waals surface area (Å²) < 4.78 is 5.67. The second-order valence-electron chi connectivity index (χ2n) is 5.45. The van der Waals surface area contributed by atoms with Gasteiger partial charge in [0.05, 0.1) is 12.7 Å². The summed E-state index contributed by atoms with van der Waals surface area (Å²) >= 11 is 0. The minimum absolute atomic E-state index is 0.352. The molecule has 1 saturated carbocycles. The minimum Gasteiger partial charge on any atom is -0.377 e. The Labute approximate surface area is 101 Å². The van der Waals surface area contributed by atoms with Crippen LogP contribution >= 0.6 is 0 Å². The number of nitrogens with one attached hydrogen (secondary N) is 1. The Morgan fingerprint density at radius 2 is 1.88 bits per heavy atom. The molecule has 96 valence electrons. The molecular formula is C14H29NO. The minimum atomic E-state index is 0.352. The van der Waals surface area contributed by atoms with Gasteiger partial charge in [-0.15, -0.1) is 0 Å². The van der Waals surface area contributed by atoms with E-state index in [4.69, 9.17) is 4.74 Å². The predicted molar refractivity (Wildman–Crippen MR) is 69.7 cm³/mol. The molecule has 1 unspecified atom stereocenters. The van der Waals surface area contributed by atoms with Gasteiger partial charge in [-0.05, 0) is 39.7 Å². The largest absolute Gasteiger partial charge is 0.377 e. The van der Waals surface area contributed by atoms with Crippen molar-refractivity contribution in [1.29, 1.82) is 0 Å². The van der Waals surface area contributed by atoms with Crippen molar-refractivity contribution in [1.82, 2.24) is 5.32 Å². The highest BCUT2D eigenvalue weighted by Crippen LogP contribution is 2.27. The fourth-order valence-corrected chi connectivity index (χ4v) is 2.53. The van der Waals surface area contributed by atoms with Crippen molar-refractivity contribution in [2.24, 2.45) is 5.92 Å². The molecule has 0 aliphatic heterocycles. The summed E-state index contributed by atoms with van der Waals surface area (Å²) in [6.07, 6.45) is 10.3. The SMILES string of the molecule is CNC(CCC1CCCCC1)COC(C)C. The monoisotopic (exact) mass is 227 g/mol. The maximum absolute atomic E-state index is 5.67. The highest BCUT2D eigenvalue weighted by Gasteiger charge is 2.15. The van der Waals surface area contributed by atoms with E-state index in [9.17, 15) is 0 Å². The summed E-state index contributed by atoms with van der Waals surface area (Å²) in [7, 11) is 2.05. The number of ether oxygens (including phenoxy) is 1. The maximum Gasteiger partial charge on any atom is 0.0622 e. The standard InChI is InChI=1S/C14H29NO/c1-12(2)16-11-14(15-3)10-9-13-7-5-4-6-8-13/h12-15H,4-11H2,1-3H3. The predicted octanol–water partition coefficient (Wildman–Crippen LogP) is 3.36. The van der Waals surface area contributed by atoms with Gasteiger partial charge >= 0.3 is 0 Å². The molecular weight excluding hydrogens is 198 g/mol. The fourth-order valence-electron chi connectivity index (χ4n) is 2.53. The van der Waals surface area contributed by atoms with E-state index in [0.29, 0.717) is 12.1 Å². The summed E-state index contributed by atoms with van der Waals surface area (Å²) in [5, 5.41) is 3.37. The zero-order valence-electron chi connectivity index (χ0n) is 11.3. The third-order valence-corrected chi connectivity index (χ3v) is 3.69. The van der Waals surface area contributed by atoms with Gasteiger partial charge in [-0.1, -0.05) is 32.1 Å². The van der Waals surface area contributed by atoms with Gasteiger partial charge in [-0.2, -0.15) is 0 Å². The Morgan fingerprint density at radius 3 is 2.44 bits per heavy atom. The summed E-state index contributed by atoms with van der Waals surface area (Å²) in [6, 6.07) is 0.546. The summed E-state index contributed by atoms with van der Waals surface area (Å²) in [6.45, 7) is 5.07. The van der Waals surface area contributed by atoms with Gasteiger partial charge < -0.3 is 10.1 Å². The summed E-state index contributed by atoms with van der Waals surface area (Å²) in [4.78, 5) is 0. The first-order valence-corrected chi connectivity index (χ1v) is 7.01. The van der Waals surface area contributed by atoms with Crippen LogP contribution in [-0.2, 0) is 4.74 Å². The van der Waals surface area contributed by atoms with Crippen LogP contribution in [0.15, 0.2) is 0 Å². The maximum atomic E-state index is 5.67. The lowest BCUT2D eigenvalue weighted by atomic mass is 9.85. The van der Waals surface area contributed by atoms with Gasteiger partial charge in [0, 0.05) is 6.04 Å². The highest BCUT2D eigenvalue weighted by atomic mass is 16.5. The van der Waals surface area contributed by atoms with Gasteiger partial charge in [0.25, 0.3) is 0 Å². The molecule has 1 atom stereocenters. The lowest BCUT2D eigenvalue weighted by Gasteiger charge is -2.24. The third kappa shape index (κ3) is 5.86. The van der Waals surface area contributed by atoms with E-state index in [1.807, 2.05) is 0 Å². The molecule has 0 aromatic rings. The molecule has 1 fully saturated rings. The van der Waals surface area contributed by atoms with E-state index in [-0.39, 0.29) is 0 Å². The van der Waals surface area contributed by atoms with Crippen molar-refractivity contribution in [3.05, 3.63) is 0 Å². The van der Waals surface area contributed by atoms with E-state index < -0.39 is 0 Å². The average Bonchev–Trinajstić information content (AvgIpc) is 2.30. The van der Waals surface area contributed by atoms with Crippen LogP contribution in [0.25, 0.3) is 0 Å². The van der Waals surface area contributed by atoms with Gasteiger partial charge in [0.15, 0.2) is 0 Å². The second-order valence-corrected chi connectivity index (χ2v) is 5.45. The molecule has 0 spiro atoms. The molecule has 0 saturated heterocycles. The molecule has 0 amide bonds. The van der Waals surface area contributed by atoms with Crippen LogP contribution in [0.4, 0.5) is 0 Å². The first-order valence-electron chi connectivity index (χ1n) is 7.01. The molecule has 1 rings (SSSR count). The van der Waals surface area contributed by atoms with Crippen LogP contribution in [-0.4, -0.2) is 25.8 Å². The van der Waals surface area contributed by atoms with Crippen LogP contribution in [0.2, 0.25) is 0 Å². The van der Waals surface area contributed by atoms with Crippen molar-refractivity contribution in [3.8, 4) is 0 Å². The van der Waals surface area contributed by atoms with Crippen molar-refractivity contribution < 1.29 is 4.74 Å². The normalized spacial score (nSPS) is 20.2. The zero-order valence-corrected chi connectivity index (χ0v) is 11.3. The molecule has 0 heterocycles. The number of hydrogen-bond donors (Lipinski definition) is 1. The Balaban J connectivity index is 2.11. The summed E-state index contributed by atoms with van der Waals surface area (Å²) in [5.41, 5.74) is 0. The van der Waals surface area contributed by atoms with Gasteiger partial charge in [0.1, 0.15) is 0 Å². The molecule has 0 bridgehead atoms. The number of rotatable bonds is 7. The van der Waals surface area contributed by atoms with Crippen LogP contribution in [0.1, 0.15) is 58.8 Å². The second kappa shape index (κ2) is 8.08. The molecule has 2 heteroatoms. The van der Waals surface area contributed by atoms with Gasteiger partial charge in [-0.25, -0.2) is 0 Å². The Bertz CT molecular complexity index is 164. The Kier molecular flexibility index (Phi) is 7.06. The van der Waals surface area contributed by atoms with Crippen molar-refractivity contribution in [2.45, 2.75) is 70.9 Å². The average molecular weight is 227 g/mol. The fraction of sp³-hybridized carbons (Fsp3) is 1.00. The van der Waals surface area contributed by atoms with Crippen molar-refractivity contribution in [3.63, 3.8) is 0 Å². The highest BCUT2D eigenvalue weighted by molar-refractivity contribution is 4.71. The van der Waals surface area contributed by atoms with Crippen molar-refractivity contribution in [2.75, 3.05) is 13.7 Å². The third-order valence-electron chi connectivity index (χ3n) is 3.69. The van der Waals surface area contributed by atoms with Gasteiger partial charge in [-0.3, -0.25) is 0 Å². The van der Waals surface area contributed by atoms with E-state index in [1.54, 1.807) is 0 Å². The topological polar surface area (TPSA) is 21.3 Å². The van der Waals surface area contributed by atoms with E-state index in [1.165, 1.54) is 44.9 Å². The zero-order chi connectivity index (χ0) is 11.8. The van der Waals surface area contributed by atoms with Crippen LogP contribution in [0, 0.1) is 5.92 Å². The molecule has 0 radical (unpaired) electrons. The van der Waals surface area contributed by atoms with Crippen LogP contribution in [0.5, 0.6) is 0 Å². The molecule has 16 heavy (non-hydrogen) atoms. The number of likely N-dealkylation sites (N-methyl/N-ethyl adjacent to an activating group) is 1. The summed E-state index contributed by atoms with van der Waals surface area (Å²) in [5.74, 6) is 0.989. The lowest BCUT2D eigenvalue weighted by Crippen LogP contribution is -2.32. The first-order chi connectivity index (χ1) is 7.72. The molecule has 1 N–H and O–H groups in total. The molecule has 1 aliphatic rings. The van der Waals surface area contributed by atoms with Crippen molar-refractivity contribution >= 4 is 0 Å². The number of hydrogen-bond acceptors (Lipinski definition) is 2. The molecule has 0 aromatic carbocycles. The van der Waals surface area contributed by atoms with Crippen LogP contribution < -0.4 is 5.32 Å². The van der Waals surface area contributed by atoms with E-state index in [0.717, 1.165) is 12.5 Å². The molecule has 0 aromatic heterocycles. The van der Waals surface area contributed by atoms with E-state index >= 15 is 0 Å². The quantitative estimate of drug-likeness (QED) is 0.720. The van der Waals surface area contributed by atoms with E-state index in [2.05, 4.69) is 26.2 Å². The smallest absolute Gasteiger partial charge is 0.0622 e. The van der Waals surface area contributed by atoms with Gasteiger partial charge in [0.2, 0.25) is 0 Å². The Hall–Kier alpha value is -0.0800.